The maximum absolute atomic E-state index is 13.7. The van der Waals surface area contributed by atoms with Gasteiger partial charge in [0, 0.05) is 62.3 Å². The monoisotopic (exact) mass is 479 g/mol. The summed E-state index contributed by atoms with van der Waals surface area (Å²) in [6, 6.07) is 11.4. The van der Waals surface area contributed by atoms with Crippen molar-refractivity contribution in [1.29, 1.82) is 0 Å². The minimum absolute atomic E-state index is 0.593. The van der Waals surface area contributed by atoms with Gasteiger partial charge < -0.3 is 19.5 Å². The summed E-state index contributed by atoms with van der Waals surface area (Å²) in [6.07, 6.45) is 6.70. The molecule has 186 valence electrons. The van der Waals surface area contributed by atoms with Crippen LogP contribution in [0.4, 0.5) is 21.6 Å². The maximum Gasteiger partial charge on any atom is 0.286 e. The molecular formula is C27H34FN5O2. The van der Waals surface area contributed by atoms with Crippen molar-refractivity contribution in [3.63, 3.8) is 0 Å². The van der Waals surface area contributed by atoms with E-state index in [1.165, 1.54) is 48.5 Å². The number of halogens is 1. The Kier molecular flexibility index (Phi) is 7.29. The molecule has 3 aromatic rings. The molecule has 0 aliphatic carbocycles. The van der Waals surface area contributed by atoms with Crippen molar-refractivity contribution in [2.24, 2.45) is 13.0 Å². The highest BCUT2D eigenvalue weighted by Gasteiger charge is 2.20. The molecule has 0 atom stereocenters. The third-order valence-electron chi connectivity index (χ3n) is 7.37. The number of hydrogen-bond donors (Lipinski definition) is 1. The first kappa shape index (κ1) is 23.8. The van der Waals surface area contributed by atoms with E-state index in [0.29, 0.717) is 16.7 Å². The summed E-state index contributed by atoms with van der Waals surface area (Å²) in [4.78, 5) is 21.3. The van der Waals surface area contributed by atoms with Crippen LogP contribution in [0.2, 0.25) is 0 Å². The first-order valence-corrected chi connectivity index (χ1v) is 12.6. The second-order valence-corrected chi connectivity index (χ2v) is 9.68. The number of pyridine rings is 2. The number of morpholine rings is 1. The third-order valence-corrected chi connectivity index (χ3v) is 7.37. The largest absolute Gasteiger partial charge is 0.379 e. The minimum Gasteiger partial charge on any atom is -0.379 e. The molecule has 7 nitrogen and oxygen atoms in total. The number of benzene rings is 1. The fourth-order valence-electron chi connectivity index (χ4n) is 5.20. The topological polar surface area (TPSA) is 62.6 Å². The molecule has 2 fully saturated rings. The van der Waals surface area contributed by atoms with Crippen LogP contribution >= 0.6 is 0 Å². The van der Waals surface area contributed by atoms with Crippen LogP contribution in [0.5, 0.6) is 0 Å². The number of aromatic nitrogens is 2. The first-order valence-electron chi connectivity index (χ1n) is 12.6. The number of hydrogen-bond acceptors (Lipinski definition) is 6. The number of anilines is 3. The highest BCUT2D eigenvalue weighted by atomic mass is 19.1. The average molecular weight is 480 g/mol. The van der Waals surface area contributed by atoms with Crippen LogP contribution in [0.3, 0.4) is 0 Å². The van der Waals surface area contributed by atoms with Crippen LogP contribution in [0.25, 0.3) is 10.9 Å². The first-order chi connectivity index (χ1) is 17.1. The number of nitrogens with one attached hydrogen (secondary N) is 1. The number of rotatable bonds is 7. The molecule has 2 aromatic heterocycles. The lowest BCUT2D eigenvalue weighted by Gasteiger charge is -2.34. The zero-order chi connectivity index (χ0) is 24.2. The standard InChI is InChI=1S/C27H34FN5O2/c1-31-25-18-26(29-19-21(25)17-24(28)27(31)34)30-22-4-6-23(7-5-22)33-11-8-20(9-12-33)3-2-10-32-13-15-35-16-14-32/h4-7,17-20H,2-3,8-16H2,1H3,(H,29,30). The van der Waals surface area contributed by atoms with Gasteiger partial charge in [0.15, 0.2) is 5.82 Å². The smallest absolute Gasteiger partial charge is 0.286 e. The lowest BCUT2D eigenvalue weighted by atomic mass is 9.92. The van der Waals surface area contributed by atoms with Crippen molar-refractivity contribution >= 4 is 28.1 Å². The van der Waals surface area contributed by atoms with E-state index in [2.05, 4.69) is 44.4 Å². The van der Waals surface area contributed by atoms with Gasteiger partial charge in [-0.1, -0.05) is 0 Å². The molecule has 1 N–H and O–H groups in total. The molecule has 0 spiro atoms. The zero-order valence-electron chi connectivity index (χ0n) is 20.4. The molecule has 0 saturated carbocycles. The van der Waals surface area contributed by atoms with Gasteiger partial charge in [0.2, 0.25) is 0 Å². The van der Waals surface area contributed by atoms with Crippen molar-refractivity contribution < 1.29 is 9.13 Å². The molecule has 5 rings (SSSR count). The summed E-state index contributed by atoms with van der Waals surface area (Å²) < 4.78 is 20.5. The molecule has 0 unspecified atom stereocenters. The molecule has 2 saturated heterocycles. The zero-order valence-corrected chi connectivity index (χ0v) is 20.4. The summed E-state index contributed by atoms with van der Waals surface area (Å²) in [6.45, 7) is 7.34. The van der Waals surface area contributed by atoms with Crippen LogP contribution in [0.15, 0.2) is 47.4 Å². The summed E-state index contributed by atoms with van der Waals surface area (Å²) in [7, 11) is 1.57. The molecule has 8 heteroatoms. The van der Waals surface area contributed by atoms with E-state index in [-0.39, 0.29) is 0 Å². The maximum atomic E-state index is 13.7. The van der Waals surface area contributed by atoms with Crippen molar-refractivity contribution in [1.82, 2.24) is 14.5 Å². The van der Waals surface area contributed by atoms with Gasteiger partial charge >= 0.3 is 0 Å². The van der Waals surface area contributed by atoms with Crippen LogP contribution in [0.1, 0.15) is 25.7 Å². The van der Waals surface area contributed by atoms with Gasteiger partial charge in [-0.15, -0.1) is 0 Å². The molecular weight excluding hydrogens is 445 g/mol. The molecule has 0 bridgehead atoms. The van der Waals surface area contributed by atoms with E-state index in [0.717, 1.165) is 51.0 Å². The second kappa shape index (κ2) is 10.7. The van der Waals surface area contributed by atoms with E-state index < -0.39 is 11.4 Å². The van der Waals surface area contributed by atoms with Gasteiger partial charge in [0.25, 0.3) is 5.56 Å². The summed E-state index contributed by atoms with van der Waals surface area (Å²) >= 11 is 0. The Morgan fingerprint density at radius 2 is 1.83 bits per heavy atom. The molecule has 2 aliphatic heterocycles. The Bertz CT molecular complexity index is 1200. The quantitative estimate of drug-likeness (QED) is 0.550. The van der Waals surface area contributed by atoms with E-state index in [1.807, 2.05) is 0 Å². The van der Waals surface area contributed by atoms with Crippen LogP contribution in [0, 0.1) is 11.7 Å². The minimum atomic E-state index is -0.768. The number of aryl methyl sites for hydroxylation is 1. The van der Waals surface area contributed by atoms with Crippen LogP contribution < -0.4 is 15.8 Å². The lowest BCUT2D eigenvalue weighted by Crippen LogP contribution is -2.37. The Labute approximate surface area is 205 Å². The van der Waals surface area contributed by atoms with Gasteiger partial charge in [-0.3, -0.25) is 9.69 Å². The molecule has 4 heterocycles. The molecule has 1 aromatic carbocycles. The SMILES string of the molecule is Cn1c(=O)c(F)cc2cnc(Nc3ccc(N4CCC(CCCN5CCOCC5)CC4)cc3)cc21. The van der Waals surface area contributed by atoms with Gasteiger partial charge in [-0.25, -0.2) is 9.37 Å². The second-order valence-electron chi connectivity index (χ2n) is 9.68. The van der Waals surface area contributed by atoms with Crippen LogP contribution in [-0.2, 0) is 11.8 Å². The van der Waals surface area contributed by atoms with Gasteiger partial charge in [0.05, 0.1) is 18.7 Å². The van der Waals surface area contributed by atoms with Crippen LogP contribution in [-0.4, -0.2) is 60.4 Å². The lowest BCUT2D eigenvalue weighted by molar-refractivity contribution is 0.0365. The Morgan fingerprint density at radius 1 is 1.09 bits per heavy atom. The molecule has 35 heavy (non-hydrogen) atoms. The number of nitrogens with zero attached hydrogens (tertiary/aromatic N) is 4. The number of fused-ring (bicyclic) bond motifs is 1. The van der Waals surface area contributed by atoms with Crippen molar-refractivity contribution in [3.8, 4) is 0 Å². The number of ether oxygens (including phenoxy) is 1. The normalized spacial score (nSPS) is 17.7. The van der Waals surface area contributed by atoms with Crippen molar-refractivity contribution in [2.75, 3.05) is 56.2 Å². The summed E-state index contributed by atoms with van der Waals surface area (Å²) in [5, 5.41) is 3.89. The Balaban J connectivity index is 1.13. The predicted octanol–water partition coefficient (Wildman–Crippen LogP) is 4.15. The summed E-state index contributed by atoms with van der Waals surface area (Å²) in [5.41, 5.74) is 2.16. The van der Waals surface area contributed by atoms with E-state index >= 15 is 0 Å². The third kappa shape index (κ3) is 5.65. The molecule has 0 radical (unpaired) electrons. The molecule has 2 aliphatic rings. The Morgan fingerprint density at radius 3 is 2.57 bits per heavy atom. The highest BCUT2D eigenvalue weighted by molar-refractivity contribution is 5.81. The van der Waals surface area contributed by atoms with E-state index in [4.69, 9.17) is 4.74 Å². The number of piperidine rings is 1. The highest BCUT2D eigenvalue weighted by Crippen LogP contribution is 2.28. The van der Waals surface area contributed by atoms with Gasteiger partial charge in [-0.05, 0) is 68.5 Å². The molecule has 0 amide bonds. The van der Waals surface area contributed by atoms with E-state index in [1.54, 1.807) is 19.3 Å². The average Bonchev–Trinajstić information content (AvgIpc) is 2.89. The van der Waals surface area contributed by atoms with Crippen molar-refractivity contribution in [2.45, 2.75) is 25.7 Å². The fraction of sp³-hybridized carbons (Fsp3) is 0.481. The summed E-state index contributed by atoms with van der Waals surface area (Å²) in [5.74, 6) is 0.677. The fourth-order valence-corrected chi connectivity index (χ4v) is 5.20. The van der Waals surface area contributed by atoms with E-state index in [9.17, 15) is 9.18 Å². The Hall–Kier alpha value is -2.97. The van der Waals surface area contributed by atoms with Crippen molar-refractivity contribution in [3.05, 3.63) is 58.8 Å². The predicted molar refractivity (Wildman–Crippen MR) is 138 cm³/mol. The van der Waals surface area contributed by atoms with Gasteiger partial charge in [0.1, 0.15) is 5.82 Å². The van der Waals surface area contributed by atoms with Gasteiger partial charge in [-0.2, -0.15) is 0 Å².